The minimum atomic E-state index is 0.219. The van der Waals surface area contributed by atoms with Gasteiger partial charge in [0.1, 0.15) is 0 Å². The molecule has 1 N–H and O–H groups in total. The Morgan fingerprint density at radius 2 is 1.93 bits per heavy atom. The zero-order chi connectivity index (χ0) is 10.7. The molecule has 15 heavy (non-hydrogen) atoms. The molecular weight excluding hydrogens is 188 g/mol. The van der Waals surface area contributed by atoms with Crippen molar-refractivity contribution in [3.05, 3.63) is 0 Å². The number of likely N-dealkylation sites (tertiary alicyclic amines) is 1. The number of nitrogens with one attached hydrogen (secondary N) is 1. The third-order valence-corrected chi connectivity index (χ3v) is 3.53. The van der Waals surface area contributed by atoms with Gasteiger partial charge in [-0.05, 0) is 50.6 Å². The van der Waals surface area contributed by atoms with Crippen LogP contribution in [-0.2, 0) is 4.79 Å². The first-order valence-corrected chi connectivity index (χ1v) is 6.23. The van der Waals surface area contributed by atoms with Crippen LogP contribution < -0.4 is 5.32 Å². The van der Waals surface area contributed by atoms with Crippen molar-refractivity contribution in [2.75, 3.05) is 26.2 Å². The second-order valence-electron chi connectivity index (χ2n) is 5.21. The van der Waals surface area contributed by atoms with Gasteiger partial charge in [-0.1, -0.05) is 6.92 Å². The number of rotatable bonds is 4. The van der Waals surface area contributed by atoms with Gasteiger partial charge in [0.05, 0.1) is 6.54 Å². The predicted molar refractivity (Wildman–Crippen MR) is 60.6 cm³/mol. The molecule has 0 spiro atoms. The highest BCUT2D eigenvalue weighted by Crippen LogP contribution is 2.27. The normalized spacial score (nSPS) is 24.1. The van der Waals surface area contributed by atoms with Gasteiger partial charge in [0.2, 0.25) is 5.91 Å². The molecule has 2 aliphatic rings. The van der Waals surface area contributed by atoms with E-state index in [4.69, 9.17) is 0 Å². The van der Waals surface area contributed by atoms with Gasteiger partial charge in [0.15, 0.2) is 0 Å². The van der Waals surface area contributed by atoms with Crippen molar-refractivity contribution in [2.24, 2.45) is 11.8 Å². The van der Waals surface area contributed by atoms with Gasteiger partial charge in [0, 0.05) is 6.54 Å². The highest BCUT2D eigenvalue weighted by atomic mass is 16.2. The zero-order valence-electron chi connectivity index (χ0n) is 9.67. The van der Waals surface area contributed by atoms with Crippen LogP contribution in [-0.4, -0.2) is 37.0 Å². The third-order valence-electron chi connectivity index (χ3n) is 3.53. The molecule has 86 valence electrons. The number of piperidine rings is 1. The van der Waals surface area contributed by atoms with Crippen LogP contribution in [0.4, 0.5) is 0 Å². The zero-order valence-corrected chi connectivity index (χ0v) is 9.67. The minimum Gasteiger partial charge on any atom is -0.355 e. The molecule has 0 atom stereocenters. The summed E-state index contributed by atoms with van der Waals surface area (Å²) in [5, 5.41) is 3.02. The van der Waals surface area contributed by atoms with Crippen molar-refractivity contribution in [2.45, 2.75) is 32.6 Å². The number of amides is 1. The highest BCUT2D eigenvalue weighted by molar-refractivity contribution is 5.78. The van der Waals surface area contributed by atoms with Gasteiger partial charge in [0.25, 0.3) is 0 Å². The van der Waals surface area contributed by atoms with Gasteiger partial charge in [-0.2, -0.15) is 0 Å². The molecule has 0 aromatic heterocycles. The van der Waals surface area contributed by atoms with Crippen molar-refractivity contribution in [3.63, 3.8) is 0 Å². The van der Waals surface area contributed by atoms with Crippen LogP contribution in [0.3, 0.4) is 0 Å². The van der Waals surface area contributed by atoms with E-state index < -0.39 is 0 Å². The van der Waals surface area contributed by atoms with Crippen LogP contribution in [0.1, 0.15) is 32.6 Å². The number of nitrogens with zero attached hydrogens (tertiary/aromatic N) is 1. The fourth-order valence-corrected chi connectivity index (χ4v) is 2.06. The summed E-state index contributed by atoms with van der Waals surface area (Å²) < 4.78 is 0. The van der Waals surface area contributed by atoms with Crippen molar-refractivity contribution in [1.82, 2.24) is 10.2 Å². The quantitative estimate of drug-likeness (QED) is 0.757. The highest BCUT2D eigenvalue weighted by Gasteiger charge is 2.22. The molecule has 1 aliphatic carbocycles. The van der Waals surface area contributed by atoms with Crippen molar-refractivity contribution < 1.29 is 4.79 Å². The molecule has 1 aliphatic heterocycles. The van der Waals surface area contributed by atoms with Gasteiger partial charge >= 0.3 is 0 Å². The van der Waals surface area contributed by atoms with Gasteiger partial charge in [-0.3, -0.25) is 9.69 Å². The van der Waals surface area contributed by atoms with Crippen molar-refractivity contribution in [1.29, 1.82) is 0 Å². The Morgan fingerprint density at radius 1 is 1.27 bits per heavy atom. The second kappa shape index (κ2) is 4.97. The monoisotopic (exact) mass is 210 g/mol. The maximum atomic E-state index is 11.6. The van der Waals surface area contributed by atoms with E-state index in [2.05, 4.69) is 17.1 Å². The first kappa shape index (κ1) is 10.9. The molecule has 0 radical (unpaired) electrons. The van der Waals surface area contributed by atoms with Crippen molar-refractivity contribution >= 4 is 5.91 Å². The van der Waals surface area contributed by atoms with Crippen LogP contribution >= 0.6 is 0 Å². The molecule has 2 fully saturated rings. The summed E-state index contributed by atoms with van der Waals surface area (Å²) in [5.41, 5.74) is 0. The van der Waals surface area contributed by atoms with E-state index in [1.165, 1.54) is 25.7 Å². The third kappa shape index (κ3) is 3.82. The maximum absolute atomic E-state index is 11.6. The lowest BCUT2D eigenvalue weighted by Crippen LogP contribution is -2.41. The number of hydrogen-bond donors (Lipinski definition) is 1. The van der Waals surface area contributed by atoms with E-state index in [0.717, 1.165) is 31.5 Å². The molecule has 0 bridgehead atoms. The minimum absolute atomic E-state index is 0.219. The second-order valence-corrected chi connectivity index (χ2v) is 5.21. The van der Waals surface area contributed by atoms with Crippen LogP contribution in [0.5, 0.6) is 0 Å². The molecule has 3 heteroatoms. The number of carbonyl (C=O) groups is 1. The standard InChI is InChI=1S/C12H22N2O/c1-10-4-6-14(7-5-10)9-12(15)13-8-11-2-3-11/h10-11H,2-9H2,1H3,(H,13,15). The summed E-state index contributed by atoms with van der Waals surface area (Å²) in [7, 11) is 0. The van der Waals surface area contributed by atoms with Crippen LogP contribution in [0, 0.1) is 11.8 Å². The molecule has 0 aromatic carbocycles. The Morgan fingerprint density at radius 3 is 2.53 bits per heavy atom. The molecule has 1 heterocycles. The Balaban J connectivity index is 1.60. The molecule has 1 saturated heterocycles. The molecular formula is C12H22N2O. The van der Waals surface area contributed by atoms with E-state index in [1.807, 2.05) is 0 Å². The fraction of sp³-hybridized carbons (Fsp3) is 0.917. The number of carbonyl (C=O) groups excluding carboxylic acids is 1. The topological polar surface area (TPSA) is 32.3 Å². The molecule has 1 saturated carbocycles. The van der Waals surface area contributed by atoms with E-state index in [0.29, 0.717) is 6.54 Å². The van der Waals surface area contributed by atoms with Gasteiger partial charge < -0.3 is 5.32 Å². The Kier molecular flexibility index (Phi) is 3.62. The summed E-state index contributed by atoms with van der Waals surface area (Å²) in [6, 6.07) is 0. The Labute approximate surface area is 92.2 Å². The van der Waals surface area contributed by atoms with E-state index >= 15 is 0 Å². The SMILES string of the molecule is CC1CCN(CC(=O)NCC2CC2)CC1. The summed E-state index contributed by atoms with van der Waals surface area (Å²) in [4.78, 5) is 13.9. The first-order chi connectivity index (χ1) is 7.24. The lowest BCUT2D eigenvalue weighted by Gasteiger charge is -2.29. The maximum Gasteiger partial charge on any atom is 0.234 e. The Hall–Kier alpha value is -0.570. The van der Waals surface area contributed by atoms with Crippen molar-refractivity contribution in [3.8, 4) is 0 Å². The lowest BCUT2D eigenvalue weighted by atomic mass is 9.99. The average Bonchev–Trinajstić information content (AvgIpc) is 3.02. The van der Waals surface area contributed by atoms with Crippen LogP contribution in [0.15, 0.2) is 0 Å². The van der Waals surface area contributed by atoms with E-state index in [1.54, 1.807) is 0 Å². The largest absolute Gasteiger partial charge is 0.355 e. The molecule has 0 aromatic rings. The Bertz CT molecular complexity index is 218. The summed E-state index contributed by atoms with van der Waals surface area (Å²) >= 11 is 0. The average molecular weight is 210 g/mol. The fourth-order valence-electron chi connectivity index (χ4n) is 2.06. The smallest absolute Gasteiger partial charge is 0.234 e. The van der Waals surface area contributed by atoms with Crippen LogP contribution in [0.25, 0.3) is 0 Å². The summed E-state index contributed by atoms with van der Waals surface area (Å²) in [6.07, 6.45) is 5.11. The summed E-state index contributed by atoms with van der Waals surface area (Å²) in [5.74, 6) is 1.85. The van der Waals surface area contributed by atoms with Gasteiger partial charge in [-0.25, -0.2) is 0 Å². The predicted octanol–water partition coefficient (Wildman–Crippen LogP) is 1.24. The van der Waals surface area contributed by atoms with Gasteiger partial charge in [-0.15, -0.1) is 0 Å². The number of hydrogen-bond acceptors (Lipinski definition) is 2. The molecule has 3 nitrogen and oxygen atoms in total. The molecule has 0 unspecified atom stereocenters. The molecule has 2 rings (SSSR count). The summed E-state index contributed by atoms with van der Waals surface area (Å²) in [6.45, 7) is 6.00. The lowest BCUT2D eigenvalue weighted by molar-refractivity contribution is -0.122. The van der Waals surface area contributed by atoms with E-state index in [9.17, 15) is 4.79 Å². The first-order valence-electron chi connectivity index (χ1n) is 6.23. The van der Waals surface area contributed by atoms with Crippen LogP contribution in [0.2, 0.25) is 0 Å². The molecule has 1 amide bonds. The van der Waals surface area contributed by atoms with E-state index in [-0.39, 0.29) is 5.91 Å².